The summed E-state index contributed by atoms with van der Waals surface area (Å²) in [5.74, 6) is 0.375. The maximum atomic E-state index is 10.3. The van der Waals surface area contributed by atoms with Crippen LogP contribution in [0.3, 0.4) is 0 Å². The summed E-state index contributed by atoms with van der Waals surface area (Å²) >= 11 is 0. The van der Waals surface area contributed by atoms with Crippen molar-refractivity contribution in [1.82, 2.24) is 0 Å². The van der Waals surface area contributed by atoms with Crippen LogP contribution >= 0.6 is 0 Å². The third-order valence-corrected chi connectivity index (χ3v) is 5.47. The Hall–Kier alpha value is -1.32. The van der Waals surface area contributed by atoms with Crippen molar-refractivity contribution in [2.45, 2.75) is 38.6 Å². The minimum Gasteiger partial charge on any atom is -1.00 e. The molecule has 0 saturated carbocycles. The van der Waals surface area contributed by atoms with E-state index in [9.17, 15) is 5.11 Å². The highest BCUT2D eigenvalue weighted by Gasteiger charge is 2.33. The number of phenolic OH excluding ortho intramolecular Hbond substituents is 1. The van der Waals surface area contributed by atoms with Crippen molar-refractivity contribution < 1.29 is 26.6 Å². The van der Waals surface area contributed by atoms with Crippen LogP contribution in [0, 0.1) is 6.92 Å². The molecule has 2 aromatic rings. The molecule has 1 N–H and O–H groups in total. The average Bonchev–Trinajstić information content (AvgIpc) is 2.86. The standard InChI is InChI=1S/C21H27NO.BrH/c1-16-10-13-21(23)20(15-16)19-9-5-4-7-17(19)11-12-18-8-6-14-22(18,2)3;/h4-5,7,9-10,13,15,18H,6,8,11-12,14H2,1-3H3;1H. The summed E-state index contributed by atoms with van der Waals surface area (Å²) in [4.78, 5) is 0. The highest BCUT2D eigenvalue weighted by molar-refractivity contribution is 5.73. The number of likely N-dealkylation sites (tertiary alicyclic amines) is 1. The number of rotatable bonds is 4. The molecule has 0 aromatic heterocycles. The van der Waals surface area contributed by atoms with E-state index in [1.807, 2.05) is 6.07 Å². The van der Waals surface area contributed by atoms with Crippen molar-refractivity contribution in [3.8, 4) is 16.9 Å². The highest BCUT2D eigenvalue weighted by atomic mass is 79.9. The maximum Gasteiger partial charge on any atom is 0.123 e. The first-order valence-corrected chi connectivity index (χ1v) is 8.68. The van der Waals surface area contributed by atoms with Crippen molar-refractivity contribution in [2.24, 2.45) is 0 Å². The van der Waals surface area contributed by atoms with Crippen LogP contribution in [0.4, 0.5) is 0 Å². The third-order valence-electron chi connectivity index (χ3n) is 5.47. The van der Waals surface area contributed by atoms with Crippen LogP contribution in [0.25, 0.3) is 11.1 Å². The fraction of sp³-hybridized carbons (Fsp3) is 0.429. The van der Waals surface area contributed by atoms with Gasteiger partial charge in [-0.25, -0.2) is 0 Å². The van der Waals surface area contributed by atoms with E-state index in [0.29, 0.717) is 5.75 Å². The van der Waals surface area contributed by atoms with Crippen LogP contribution in [-0.2, 0) is 6.42 Å². The first kappa shape index (κ1) is 19.0. The van der Waals surface area contributed by atoms with Gasteiger partial charge in [0.2, 0.25) is 0 Å². The summed E-state index contributed by atoms with van der Waals surface area (Å²) in [5.41, 5.74) is 4.67. The minimum absolute atomic E-state index is 0. The number of phenols is 1. The van der Waals surface area contributed by atoms with Gasteiger partial charge in [0.25, 0.3) is 0 Å². The molecule has 130 valence electrons. The van der Waals surface area contributed by atoms with Crippen LogP contribution in [-0.4, -0.2) is 36.3 Å². The second kappa shape index (κ2) is 7.71. The van der Waals surface area contributed by atoms with Crippen LogP contribution in [0.5, 0.6) is 5.75 Å². The summed E-state index contributed by atoms with van der Waals surface area (Å²) < 4.78 is 1.15. The van der Waals surface area contributed by atoms with Crippen molar-refractivity contribution in [3.63, 3.8) is 0 Å². The lowest BCUT2D eigenvalue weighted by Crippen LogP contribution is -3.00. The molecule has 1 fully saturated rings. The van der Waals surface area contributed by atoms with E-state index < -0.39 is 0 Å². The smallest absolute Gasteiger partial charge is 0.123 e. The molecule has 0 bridgehead atoms. The van der Waals surface area contributed by atoms with E-state index in [-0.39, 0.29) is 17.0 Å². The molecule has 1 unspecified atom stereocenters. The van der Waals surface area contributed by atoms with Crippen LogP contribution in [0.2, 0.25) is 0 Å². The van der Waals surface area contributed by atoms with Gasteiger partial charge in [0.15, 0.2) is 0 Å². The SMILES string of the molecule is Cc1ccc(O)c(-c2ccccc2CCC2CCC[N+]2(C)C)c1.[Br-]. The van der Waals surface area contributed by atoms with Gasteiger partial charge < -0.3 is 26.6 Å². The fourth-order valence-corrected chi connectivity index (χ4v) is 3.95. The van der Waals surface area contributed by atoms with E-state index in [4.69, 9.17) is 0 Å². The number of hydrogen-bond acceptors (Lipinski definition) is 1. The Morgan fingerprint density at radius 3 is 2.54 bits per heavy atom. The number of hydrogen-bond donors (Lipinski definition) is 1. The zero-order chi connectivity index (χ0) is 16.4. The number of nitrogens with zero attached hydrogens (tertiary/aromatic N) is 1. The second-order valence-corrected chi connectivity index (χ2v) is 7.51. The van der Waals surface area contributed by atoms with Gasteiger partial charge >= 0.3 is 0 Å². The van der Waals surface area contributed by atoms with Crippen molar-refractivity contribution in [1.29, 1.82) is 0 Å². The molecule has 1 atom stereocenters. The molecule has 2 nitrogen and oxygen atoms in total. The molecule has 2 aromatic carbocycles. The predicted octanol–water partition coefficient (Wildman–Crippen LogP) is 1.54. The Morgan fingerprint density at radius 2 is 1.83 bits per heavy atom. The number of benzene rings is 2. The van der Waals surface area contributed by atoms with E-state index in [1.165, 1.54) is 42.5 Å². The Morgan fingerprint density at radius 1 is 1.08 bits per heavy atom. The Kier molecular flexibility index (Phi) is 6.11. The quantitative estimate of drug-likeness (QED) is 0.786. The van der Waals surface area contributed by atoms with E-state index in [2.05, 4.69) is 51.4 Å². The van der Waals surface area contributed by atoms with Gasteiger partial charge in [0.1, 0.15) is 5.75 Å². The summed E-state index contributed by atoms with van der Waals surface area (Å²) in [6.07, 6.45) is 4.98. The predicted molar refractivity (Wildman–Crippen MR) is 96.6 cm³/mol. The van der Waals surface area contributed by atoms with Gasteiger partial charge in [-0.3, -0.25) is 0 Å². The van der Waals surface area contributed by atoms with Gasteiger partial charge in [-0.05, 0) is 36.6 Å². The zero-order valence-corrected chi connectivity index (χ0v) is 16.5. The van der Waals surface area contributed by atoms with Gasteiger partial charge in [-0.1, -0.05) is 35.9 Å². The summed E-state index contributed by atoms with van der Waals surface area (Å²) in [5, 5.41) is 10.3. The molecule has 0 radical (unpaired) electrons. The lowest BCUT2D eigenvalue weighted by atomic mass is 9.93. The largest absolute Gasteiger partial charge is 1.00 e. The Balaban J connectivity index is 0.00000208. The average molecular weight is 390 g/mol. The monoisotopic (exact) mass is 389 g/mol. The zero-order valence-electron chi connectivity index (χ0n) is 14.9. The van der Waals surface area contributed by atoms with Crippen LogP contribution in [0.15, 0.2) is 42.5 Å². The van der Waals surface area contributed by atoms with E-state index >= 15 is 0 Å². The van der Waals surface area contributed by atoms with Crippen LogP contribution < -0.4 is 17.0 Å². The molecule has 3 heteroatoms. The Labute approximate surface area is 156 Å². The first-order valence-electron chi connectivity index (χ1n) is 8.68. The Bertz CT molecular complexity index is 696. The van der Waals surface area contributed by atoms with Crippen molar-refractivity contribution in [2.75, 3.05) is 20.6 Å². The van der Waals surface area contributed by atoms with Gasteiger partial charge in [-0.15, -0.1) is 0 Å². The number of quaternary nitrogens is 1. The molecule has 3 rings (SSSR count). The minimum atomic E-state index is 0. The topological polar surface area (TPSA) is 20.2 Å². The summed E-state index contributed by atoms with van der Waals surface area (Å²) in [7, 11) is 4.71. The fourth-order valence-electron chi connectivity index (χ4n) is 3.95. The molecule has 0 aliphatic carbocycles. The molecule has 0 spiro atoms. The normalized spacial score (nSPS) is 19.0. The van der Waals surface area contributed by atoms with Crippen molar-refractivity contribution >= 4 is 0 Å². The molecule has 24 heavy (non-hydrogen) atoms. The lowest BCUT2D eigenvalue weighted by Gasteiger charge is -2.31. The molecule has 1 saturated heterocycles. The molecule has 1 aliphatic rings. The summed E-state index contributed by atoms with van der Waals surface area (Å²) in [6.45, 7) is 3.37. The van der Waals surface area contributed by atoms with Gasteiger partial charge in [-0.2, -0.15) is 0 Å². The van der Waals surface area contributed by atoms with Crippen molar-refractivity contribution in [3.05, 3.63) is 53.6 Å². The van der Waals surface area contributed by atoms with E-state index in [1.54, 1.807) is 6.07 Å². The van der Waals surface area contributed by atoms with Gasteiger partial charge in [0, 0.05) is 24.8 Å². The first-order chi connectivity index (χ1) is 11.0. The third kappa shape index (κ3) is 4.01. The molecule has 1 aliphatic heterocycles. The van der Waals surface area contributed by atoms with Gasteiger partial charge in [0.05, 0.1) is 26.7 Å². The molecule has 0 amide bonds. The maximum absolute atomic E-state index is 10.3. The summed E-state index contributed by atoms with van der Waals surface area (Å²) in [6, 6.07) is 15.1. The number of aromatic hydroxyl groups is 1. The van der Waals surface area contributed by atoms with E-state index in [0.717, 1.165) is 22.5 Å². The second-order valence-electron chi connectivity index (χ2n) is 7.51. The number of aryl methyl sites for hydroxylation is 2. The molecular formula is C21H28BrNO. The molecule has 1 heterocycles. The van der Waals surface area contributed by atoms with Crippen LogP contribution in [0.1, 0.15) is 30.4 Å². The highest BCUT2D eigenvalue weighted by Crippen LogP contribution is 2.34. The lowest BCUT2D eigenvalue weighted by molar-refractivity contribution is -0.902. The molecular weight excluding hydrogens is 362 g/mol. The number of halogens is 1.